The van der Waals surface area contributed by atoms with Crippen molar-refractivity contribution in [3.8, 4) is 0 Å². The number of aromatic nitrogens is 2. The van der Waals surface area contributed by atoms with Crippen LogP contribution in [0.15, 0.2) is 24.4 Å². The second-order valence-corrected chi connectivity index (χ2v) is 4.34. The molecule has 1 aliphatic rings. The lowest BCUT2D eigenvalue weighted by atomic mass is 10.2. The number of hydrogen-bond acceptors (Lipinski definition) is 4. The van der Waals surface area contributed by atoms with E-state index in [0.717, 1.165) is 4.68 Å². The van der Waals surface area contributed by atoms with Gasteiger partial charge in [0.05, 0.1) is 11.7 Å². The summed E-state index contributed by atoms with van der Waals surface area (Å²) in [5.41, 5.74) is 1.03. The molecule has 8 nitrogen and oxygen atoms in total. The van der Waals surface area contributed by atoms with Gasteiger partial charge in [0.15, 0.2) is 0 Å². The number of rotatable bonds is 1. The standard InChI is InChI=1S/C12H10N4O4/c17-10-3-4-15(11(18)14-10)8-1-2-9-7(5-8)6-13-16(9)12(19)20/h1-2,5-6H,3-4H2,(H,19,20)(H,14,17,18). The van der Waals surface area contributed by atoms with Crippen LogP contribution in [0.2, 0.25) is 0 Å². The maximum Gasteiger partial charge on any atom is 0.432 e. The molecule has 0 saturated carbocycles. The van der Waals surface area contributed by atoms with E-state index in [0.29, 0.717) is 23.1 Å². The van der Waals surface area contributed by atoms with Crippen molar-refractivity contribution in [3.63, 3.8) is 0 Å². The molecule has 2 heterocycles. The molecule has 20 heavy (non-hydrogen) atoms. The van der Waals surface area contributed by atoms with Gasteiger partial charge in [-0.25, -0.2) is 9.59 Å². The number of urea groups is 1. The van der Waals surface area contributed by atoms with Crippen molar-refractivity contribution in [2.75, 3.05) is 11.4 Å². The summed E-state index contributed by atoms with van der Waals surface area (Å²) >= 11 is 0. The van der Waals surface area contributed by atoms with Gasteiger partial charge in [-0.1, -0.05) is 0 Å². The van der Waals surface area contributed by atoms with E-state index in [-0.39, 0.29) is 12.3 Å². The van der Waals surface area contributed by atoms with Crippen LogP contribution in [0, 0.1) is 0 Å². The number of carbonyl (C=O) groups is 3. The Morgan fingerprint density at radius 3 is 2.85 bits per heavy atom. The molecule has 1 aromatic carbocycles. The van der Waals surface area contributed by atoms with Crippen LogP contribution in [0.4, 0.5) is 15.3 Å². The first kappa shape index (κ1) is 12.2. The van der Waals surface area contributed by atoms with Crippen LogP contribution in [-0.2, 0) is 4.79 Å². The van der Waals surface area contributed by atoms with Crippen molar-refractivity contribution >= 4 is 34.6 Å². The summed E-state index contributed by atoms with van der Waals surface area (Å²) in [5, 5.41) is 15.5. The minimum Gasteiger partial charge on any atom is -0.463 e. The maximum absolute atomic E-state index is 11.7. The molecule has 3 amide bonds. The zero-order valence-electron chi connectivity index (χ0n) is 10.2. The van der Waals surface area contributed by atoms with E-state index in [1.807, 2.05) is 0 Å². The number of nitrogens with one attached hydrogen (secondary N) is 1. The number of carbonyl (C=O) groups excluding carboxylic acids is 2. The minimum atomic E-state index is -1.17. The minimum absolute atomic E-state index is 0.234. The van der Waals surface area contributed by atoms with Gasteiger partial charge in [-0.05, 0) is 18.2 Å². The first-order valence-corrected chi connectivity index (χ1v) is 5.89. The highest BCUT2D eigenvalue weighted by Gasteiger charge is 2.24. The van der Waals surface area contributed by atoms with Gasteiger partial charge in [-0.3, -0.25) is 15.0 Å². The maximum atomic E-state index is 11.7. The quantitative estimate of drug-likeness (QED) is 0.807. The van der Waals surface area contributed by atoms with E-state index in [9.17, 15) is 14.4 Å². The summed E-state index contributed by atoms with van der Waals surface area (Å²) in [5.74, 6) is -0.300. The van der Waals surface area contributed by atoms with Crippen molar-refractivity contribution in [2.45, 2.75) is 6.42 Å². The van der Waals surface area contributed by atoms with Crippen LogP contribution < -0.4 is 10.2 Å². The SMILES string of the molecule is O=C1CCN(c2ccc3c(cnn3C(=O)O)c2)C(=O)N1. The Balaban J connectivity index is 1.99. The topological polar surface area (TPSA) is 105 Å². The molecule has 2 aromatic rings. The molecule has 0 radical (unpaired) electrons. The molecule has 1 saturated heterocycles. The molecule has 1 fully saturated rings. The number of carboxylic acid groups (broad SMARTS) is 1. The third kappa shape index (κ3) is 1.87. The molecule has 0 aliphatic carbocycles. The van der Waals surface area contributed by atoms with Gasteiger partial charge in [-0.15, -0.1) is 0 Å². The number of imide groups is 1. The van der Waals surface area contributed by atoms with E-state index >= 15 is 0 Å². The highest BCUT2D eigenvalue weighted by Crippen LogP contribution is 2.23. The predicted molar refractivity (Wildman–Crippen MR) is 68.7 cm³/mol. The van der Waals surface area contributed by atoms with E-state index in [4.69, 9.17) is 5.11 Å². The fourth-order valence-corrected chi connectivity index (χ4v) is 2.15. The van der Waals surface area contributed by atoms with E-state index in [2.05, 4.69) is 10.4 Å². The molecule has 0 spiro atoms. The average Bonchev–Trinajstić information content (AvgIpc) is 2.81. The normalized spacial score (nSPS) is 15.5. The predicted octanol–water partition coefficient (Wildman–Crippen LogP) is 1.01. The van der Waals surface area contributed by atoms with Crippen molar-refractivity contribution < 1.29 is 19.5 Å². The molecule has 2 N–H and O–H groups in total. The average molecular weight is 274 g/mol. The zero-order chi connectivity index (χ0) is 14.3. The number of fused-ring (bicyclic) bond motifs is 1. The van der Waals surface area contributed by atoms with Crippen molar-refractivity contribution in [1.29, 1.82) is 0 Å². The first-order chi connectivity index (χ1) is 9.56. The number of amides is 3. The molecule has 0 bridgehead atoms. The van der Waals surface area contributed by atoms with Crippen molar-refractivity contribution in [1.82, 2.24) is 15.1 Å². The lowest BCUT2D eigenvalue weighted by Crippen LogP contribution is -2.49. The van der Waals surface area contributed by atoms with Gasteiger partial charge in [0.1, 0.15) is 0 Å². The Morgan fingerprint density at radius 2 is 2.15 bits per heavy atom. The summed E-state index contributed by atoms with van der Waals surface area (Å²) in [4.78, 5) is 35.2. The largest absolute Gasteiger partial charge is 0.463 e. The zero-order valence-corrected chi connectivity index (χ0v) is 10.2. The molecule has 0 atom stereocenters. The van der Waals surface area contributed by atoms with Gasteiger partial charge in [-0.2, -0.15) is 9.78 Å². The Morgan fingerprint density at radius 1 is 1.35 bits per heavy atom. The third-order valence-corrected chi connectivity index (χ3v) is 3.10. The number of hydrogen-bond donors (Lipinski definition) is 2. The summed E-state index contributed by atoms with van der Waals surface area (Å²) in [6, 6.07) is 4.39. The highest BCUT2D eigenvalue weighted by molar-refractivity contribution is 6.06. The van der Waals surface area contributed by atoms with Crippen LogP contribution in [0.5, 0.6) is 0 Å². The second-order valence-electron chi connectivity index (χ2n) is 4.34. The molecule has 3 rings (SSSR count). The van der Waals surface area contributed by atoms with Gasteiger partial charge in [0.25, 0.3) is 0 Å². The fraction of sp³-hybridized carbons (Fsp3) is 0.167. The van der Waals surface area contributed by atoms with Crippen molar-refractivity contribution in [3.05, 3.63) is 24.4 Å². The number of nitrogens with zero attached hydrogens (tertiary/aromatic N) is 3. The summed E-state index contributed by atoms with van der Waals surface area (Å²) in [6.07, 6.45) is 0.479. The molecule has 8 heteroatoms. The lowest BCUT2D eigenvalue weighted by Gasteiger charge is -2.26. The first-order valence-electron chi connectivity index (χ1n) is 5.89. The molecular formula is C12H10N4O4. The smallest absolute Gasteiger partial charge is 0.432 e. The summed E-state index contributed by atoms with van der Waals surface area (Å²) < 4.78 is 0.860. The van der Waals surface area contributed by atoms with E-state index in [1.54, 1.807) is 18.2 Å². The van der Waals surface area contributed by atoms with Gasteiger partial charge in [0, 0.05) is 24.0 Å². The van der Waals surface area contributed by atoms with Crippen LogP contribution in [0.25, 0.3) is 10.9 Å². The molecule has 0 unspecified atom stereocenters. The molecule has 102 valence electrons. The number of anilines is 1. The van der Waals surface area contributed by atoms with Crippen LogP contribution in [-0.4, -0.2) is 39.5 Å². The Kier molecular flexibility index (Phi) is 2.63. The van der Waals surface area contributed by atoms with Crippen LogP contribution in [0.1, 0.15) is 6.42 Å². The number of benzene rings is 1. The van der Waals surface area contributed by atoms with E-state index in [1.165, 1.54) is 11.1 Å². The van der Waals surface area contributed by atoms with Crippen LogP contribution in [0.3, 0.4) is 0 Å². The van der Waals surface area contributed by atoms with Gasteiger partial charge >= 0.3 is 12.1 Å². The Labute approximate surface area is 112 Å². The summed E-state index contributed by atoms with van der Waals surface area (Å²) in [6.45, 7) is 0.295. The lowest BCUT2D eigenvalue weighted by molar-refractivity contribution is -0.120. The monoisotopic (exact) mass is 274 g/mol. The fourth-order valence-electron chi connectivity index (χ4n) is 2.15. The Hall–Kier alpha value is -2.90. The molecule has 1 aliphatic heterocycles. The molecular weight excluding hydrogens is 264 g/mol. The molecule has 1 aromatic heterocycles. The second kappa shape index (κ2) is 4.34. The Bertz CT molecular complexity index is 736. The third-order valence-electron chi connectivity index (χ3n) is 3.10. The van der Waals surface area contributed by atoms with Gasteiger partial charge in [0.2, 0.25) is 5.91 Å². The highest BCUT2D eigenvalue weighted by atomic mass is 16.4. The van der Waals surface area contributed by atoms with Crippen molar-refractivity contribution in [2.24, 2.45) is 0 Å². The van der Waals surface area contributed by atoms with Crippen LogP contribution >= 0.6 is 0 Å². The summed E-state index contributed by atoms with van der Waals surface area (Å²) in [7, 11) is 0. The van der Waals surface area contributed by atoms with Gasteiger partial charge < -0.3 is 5.11 Å². The van der Waals surface area contributed by atoms with E-state index < -0.39 is 12.1 Å².